The lowest BCUT2D eigenvalue weighted by atomic mass is 10.1. The fourth-order valence-corrected chi connectivity index (χ4v) is 4.41. The number of aromatic nitrogens is 4. The van der Waals surface area contributed by atoms with Crippen LogP contribution < -0.4 is 10.2 Å². The van der Waals surface area contributed by atoms with Crippen LogP contribution in [0.2, 0.25) is 0 Å². The Balaban J connectivity index is 1.38. The van der Waals surface area contributed by atoms with Crippen molar-refractivity contribution in [2.24, 2.45) is 0 Å². The zero-order valence-electron chi connectivity index (χ0n) is 17.2. The lowest BCUT2D eigenvalue weighted by molar-refractivity contribution is -0.697. The molecule has 1 aromatic heterocycles. The minimum Gasteiger partial charge on any atom is -0.378 e. The van der Waals surface area contributed by atoms with Crippen LogP contribution in [0.25, 0.3) is 5.69 Å². The molecule has 2 heterocycles. The molecule has 7 nitrogen and oxygen atoms in total. The molecule has 0 saturated carbocycles. The molecule has 1 aliphatic rings. The minimum absolute atomic E-state index is 0.0483. The van der Waals surface area contributed by atoms with Crippen molar-refractivity contribution in [3.8, 4) is 5.69 Å². The number of quaternary nitrogens is 1. The molecule has 1 aliphatic heterocycles. The summed E-state index contributed by atoms with van der Waals surface area (Å²) in [6.45, 7) is 5.10. The lowest BCUT2D eigenvalue weighted by Gasteiger charge is -2.14. The van der Waals surface area contributed by atoms with Gasteiger partial charge < -0.3 is 15.0 Å². The van der Waals surface area contributed by atoms with Gasteiger partial charge in [-0.3, -0.25) is 0 Å². The Morgan fingerprint density at radius 1 is 1.17 bits per heavy atom. The number of aryl methyl sites for hydroxylation is 2. The van der Waals surface area contributed by atoms with Gasteiger partial charge in [0.1, 0.15) is 12.6 Å². The van der Waals surface area contributed by atoms with Crippen LogP contribution in [0.15, 0.2) is 47.6 Å². The van der Waals surface area contributed by atoms with Crippen LogP contribution in [0.1, 0.15) is 22.9 Å². The summed E-state index contributed by atoms with van der Waals surface area (Å²) in [7, 11) is 4.10. The first-order valence-electron chi connectivity index (χ1n) is 9.76. The summed E-state index contributed by atoms with van der Waals surface area (Å²) in [5.74, 6) is 0.814. The van der Waals surface area contributed by atoms with Crippen molar-refractivity contribution in [2.45, 2.75) is 31.3 Å². The Kier molecular flexibility index (Phi) is 5.84. The highest BCUT2D eigenvalue weighted by Crippen LogP contribution is 2.25. The molecule has 152 valence electrons. The van der Waals surface area contributed by atoms with Crippen molar-refractivity contribution in [3.63, 3.8) is 0 Å². The van der Waals surface area contributed by atoms with Gasteiger partial charge in [-0.25, -0.2) is 0 Å². The molecule has 1 saturated heterocycles. The fraction of sp³-hybridized carbons (Fsp3) is 0.381. The summed E-state index contributed by atoms with van der Waals surface area (Å²) < 4.78 is 8.08. The fourth-order valence-electron chi connectivity index (χ4n) is 3.51. The van der Waals surface area contributed by atoms with Crippen molar-refractivity contribution in [1.82, 2.24) is 20.2 Å². The maximum Gasteiger partial charge on any atom is 0.217 e. The van der Waals surface area contributed by atoms with Crippen LogP contribution in [0.5, 0.6) is 0 Å². The van der Waals surface area contributed by atoms with Crippen molar-refractivity contribution in [1.29, 1.82) is 0 Å². The highest BCUT2D eigenvalue weighted by molar-refractivity contribution is 7.99. The molecular formula is C21H27N6OS+. The summed E-state index contributed by atoms with van der Waals surface area (Å²) >= 11 is 1.64. The molecule has 3 aromatic rings. The van der Waals surface area contributed by atoms with E-state index in [0.29, 0.717) is 0 Å². The van der Waals surface area contributed by atoms with E-state index in [-0.39, 0.29) is 12.3 Å². The second-order valence-corrected chi connectivity index (χ2v) is 8.60. The Morgan fingerprint density at radius 3 is 2.69 bits per heavy atom. The number of hydrogen-bond acceptors (Lipinski definition) is 6. The average Bonchev–Trinajstić information content (AvgIpc) is 3.36. The van der Waals surface area contributed by atoms with E-state index in [9.17, 15) is 0 Å². The molecule has 0 spiro atoms. The van der Waals surface area contributed by atoms with E-state index in [1.807, 2.05) is 18.8 Å². The normalized spacial score (nSPS) is 18.9. The molecule has 0 aliphatic carbocycles. The predicted molar refractivity (Wildman–Crippen MR) is 115 cm³/mol. The number of anilines is 1. The smallest absolute Gasteiger partial charge is 0.217 e. The monoisotopic (exact) mass is 411 g/mol. The maximum atomic E-state index is 6.26. The SMILES string of the molecule is Cc1ccc(-n2nnnc2SC[C@H]2C[NH2+][C@@H](c3ccc(N(C)C)cc3)O2)c(C)c1. The number of thioether (sulfide) groups is 1. The van der Waals surface area contributed by atoms with E-state index in [4.69, 9.17) is 4.74 Å². The summed E-state index contributed by atoms with van der Waals surface area (Å²) in [6.07, 6.45) is 0.204. The molecule has 1 fully saturated rings. The van der Waals surface area contributed by atoms with Gasteiger partial charge in [-0.15, -0.1) is 5.10 Å². The van der Waals surface area contributed by atoms with Gasteiger partial charge in [0.2, 0.25) is 11.4 Å². The van der Waals surface area contributed by atoms with Gasteiger partial charge in [0.15, 0.2) is 0 Å². The van der Waals surface area contributed by atoms with Gasteiger partial charge in [0, 0.05) is 31.1 Å². The van der Waals surface area contributed by atoms with Gasteiger partial charge in [-0.05, 0) is 60.2 Å². The Labute approximate surface area is 175 Å². The van der Waals surface area contributed by atoms with E-state index in [1.54, 1.807) is 11.8 Å². The third kappa shape index (κ3) is 4.44. The van der Waals surface area contributed by atoms with Gasteiger partial charge in [-0.2, -0.15) is 4.68 Å². The zero-order valence-corrected chi connectivity index (χ0v) is 18.1. The summed E-state index contributed by atoms with van der Waals surface area (Å²) in [6, 6.07) is 14.9. The Bertz CT molecular complexity index is 972. The number of hydrogen-bond donors (Lipinski definition) is 1. The third-order valence-electron chi connectivity index (χ3n) is 5.11. The van der Waals surface area contributed by atoms with E-state index >= 15 is 0 Å². The summed E-state index contributed by atoms with van der Waals surface area (Å²) in [5, 5.41) is 15.3. The number of benzene rings is 2. The first-order chi connectivity index (χ1) is 14.0. The number of ether oxygens (including phenoxy) is 1. The maximum absolute atomic E-state index is 6.26. The number of rotatable bonds is 6. The van der Waals surface area contributed by atoms with Crippen molar-refractivity contribution in [2.75, 3.05) is 31.3 Å². The van der Waals surface area contributed by atoms with Crippen LogP contribution in [0.4, 0.5) is 5.69 Å². The molecule has 2 atom stereocenters. The van der Waals surface area contributed by atoms with Gasteiger partial charge in [0.25, 0.3) is 0 Å². The Morgan fingerprint density at radius 2 is 1.97 bits per heavy atom. The molecule has 0 amide bonds. The van der Waals surface area contributed by atoms with E-state index in [0.717, 1.165) is 28.7 Å². The Hall–Kier alpha value is -2.42. The minimum atomic E-state index is 0.0483. The van der Waals surface area contributed by atoms with Crippen molar-refractivity contribution >= 4 is 17.4 Å². The first kappa shape index (κ1) is 19.9. The molecule has 29 heavy (non-hydrogen) atoms. The standard InChI is InChI=1S/C21H26N6OS/c1-14-5-10-19(15(2)11-14)27-21(23-24-25-27)29-13-18-12-22-20(28-18)16-6-8-17(9-7-16)26(3)4/h5-11,18,20,22H,12-13H2,1-4H3/p+1/t18-,20-/m1/s1. The highest BCUT2D eigenvalue weighted by atomic mass is 32.2. The molecule has 2 N–H and O–H groups in total. The first-order valence-corrected chi connectivity index (χ1v) is 10.7. The predicted octanol–water partition coefficient (Wildman–Crippen LogP) is 2.10. The zero-order chi connectivity index (χ0) is 20.4. The number of nitrogens with zero attached hydrogens (tertiary/aromatic N) is 5. The van der Waals surface area contributed by atoms with Gasteiger partial charge in [0.05, 0.1) is 5.69 Å². The van der Waals surface area contributed by atoms with E-state index < -0.39 is 0 Å². The number of tetrazole rings is 1. The lowest BCUT2D eigenvalue weighted by Crippen LogP contribution is -2.82. The summed E-state index contributed by atoms with van der Waals surface area (Å²) in [4.78, 5) is 2.10. The van der Waals surface area contributed by atoms with Crippen LogP contribution in [-0.2, 0) is 4.74 Å². The molecule has 0 unspecified atom stereocenters. The van der Waals surface area contributed by atoms with Crippen molar-refractivity contribution in [3.05, 3.63) is 59.2 Å². The topological polar surface area (TPSA) is 72.7 Å². The molecular weight excluding hydrogens is 384 g/mol. The van der Waals surface area contributed by atoms with E-state index in [1.165, 1.54) is 16.8 Å². The van der Waals surface area contributed by atoms with Crippen LogP contribution in [-0.4, -0.2) is 52.7 Å². The quantitative estimate of drug-likeness (QED) is 0.627. The molecule has 8 heteroatoms. The van der Waals surface area contributed by atoms with Crippen LogP contribution >= 0.6 is 11.8 Å². The second-order valence-electron chi connectivity index (χ2n) is 7.61. The van der Waals surface area contributed by atoms with Gasteiger partial charge in [-0.1, -0.05) is 29.5 Å². The van der Waals surface area contributed by atoms with Crippen molar-refractivity contribution < 1.29 is 10.1 Å². The third-order valence-corrected chi connectivity index (χ3v) is 6.16. The van der Waals surface area contributed by atoms with E-state index in [2.05, 4.69) is 82.1 Å². The van der Waals surface area contributed by atoms with Crippen LogP contribution in [0, 0.1) is 13.8 Å². The largest absolute Gasteiger partial charge is 0.378 e. The second kappa shape index (κ2) is 8.52. The summed E-state index contributed by atoms with van der Waals surface area (Å²) in [5.41, 5.74) is 5.79. The molecule has 0 radical (unpaired) electrons. The molecule has 2 aromatic carbocycles. The average molecular weight is 412 g/mol. The highest BCUT2D eigenvalue weighted by Gasteiger charge is 2.30. The van der Waals surface area contributed by atoms with Crippen LogP contribution in [0.3, 0.4) is 0 Å². The molecule has 4 rings (SSSR count). The van der Waals surface area contributed by atoms with Gasteiger partial charge >= 0.3 is 0 Å². The molecule has 0 bridgehead atoms. The number of nitrogens with two attached hydrogens (primary N) is 1.